The van der Waals surface area contributed by atoms with Crippen LogP contribution in [0.1, 0.15) is 323 Å². The summed E-state index contributed by atoms with van der Waals surface area (Å²) in [6, 6.07) is 0. The second-order valence-corrected chi connectivity index (χ2v) is 19.2. The third kappa shape index (κ3) is 49.4. The van der Waals surface area contributed by atoms with Crippen LogP contribution in [0.2, 0.25) is 0 Å². The summed E-state index contributed by atoms with van der Waals surface area (Å²) in [4.78, 5) is 38.0. The zero-order valence-corrected chi connectivity index (χ0v) is 42.2. The van der Waals surface area contributed by atoms with Crippen molar-refractivity contribution in [1.29, 1.82) is 0 Å². The van der Waals surface area contributed by atoms with Gasteiger partial charge in [-0.15, -0.1) is 0 Å². The van der Waals surface area contributed by atoms with Crippen molar-refractivity contribution < 1.29 is 28.6 Å². The first-order valence-electron chi connectivity index (χ1n) is 28.0. The fourth-order valence-corrected chi connectivity index (χ4v) is 8.62. The Morgan fingerprint density at radius 2 is 0.435 bits per heavy atom. The van der Waals surface area contributed by atoms with Crippen molar-refractivity contribution in [3.05, 3.63) is 0 Å². The normalized spacial score (nSPS) is 11.9. The van der Waals surface area contributed by atoms with E-state index in [9.17, 15) is 14.4 Å². The van der Waals surface area contributed by atoms with Gasteiger partial charge < -0.3 is 14.2 Å². The van der Waals surface area contributed by atoms with E-state index < -0.39 is 6.10 Å². The van der Waals surface area contributed by atoms with Crippen LogP contribution in [-0.4, -0.2) is 37.2 Å². The maximum absolute atomic E-state index is 12.8. The molecule has 1 atom stereocenters. The maximum atomic E-state index is 12.8. The molecule has 0 aromatic heterocycles. The minimum Gasteiger partial charge on any atom is -0.462 e. The number of esters is 3. The van der Waals surface area contributed by atoms with Crippen molar-refractivity contribution in [3.8, 4) is 0 Å². The SMILES string of the molecule is CCCCCCCCCCCCCCCCCCCC(=O)OCC(COC(=O)CCCCCCCCCCCCC)OC(=O)CCCCCCCCCCCCCCCCCC. The Kier molecular flexibility index (Phi) is 50.7. The van der Waals surface area contributed by atoms with Gasteiger partial charge in [-0.1, -0.05) is 284 Å². The highest BCUT2D eigenvalue weighted by atomic mass is 16.6. The summed E-state index contributed by atoms with van der Waals surface area (Å²) < 4.78 is 16.9. The van der Waals surface area contributed by atoms with Crippen LogP contribution in [0.15, 0.2) is 0 Å². The second kappa shape index (κ2) is 52.0. The Bertz CT molecular complexity index is 920. The van der Waals surface area contributed by atoms with Crippen LogP contribution in [0.5, 0.6) is 0 Å². The molecule has 0 bridgehead atoms. The average molecular weight is 877 g/mol. The highest BCUT2D eigenvalue weighted by Gasteiger charge is 2.19. The molecule has 0 aliphatic rings. The molecular weight excluding hydrogens is 769 g/mol. The molecule has 0 aliphatic heterocycles. The van der Waals surface area contributed by atoms with Gasteiger partial charge in [0.15, 0.2) is 6.10 Å². The summed E-state index contributed by atoms with van der Waals surface area (Å²) >= 11 is 0. The third-order valence-corrected chi connectivity index (χ3v) is 12.9. The molecule has 62 heavy (non-hydrogen) atoms. The van der Waals surface area contributed by atoms with E-state index in [1.807, 2.05) is 0 Å². The Morgan fingerprint density at radius 1 is 0.258 bits per heavy atom. The van der Waals surface area contributed by atoms with E-state index in [4.69, 9.17) is 14.2 Å². The van der Waals surface area contributed by atoms with Crippen molar-refractivity contribution in [2.24, 2.45) is 0 Å². The number of unbranched alkanes of at least 4 members (excludes halogenated alkanes) is 41. The largest absolute Gasteiger partial charge is 0.462 e. The molecule has 0 spiro atoms. The van der Waals surface area contributed by atoms with Crippen molar-refractivity contribution in [3.63, 3.8) is 0 Å². The van der Waals surface area contributed by atoms with E-state index >= 15 is 0 Å². The highest BCUT2D eigenvalue weighted by Crippen LogP contribution is 2.17. The summed E-state index contributed by atoms with van der Waals surface area (Å²) in [5, 5.41) is 0. The molecule has 0 radical (unpaired) electrons. The van der Waals surface area contributed by atoms with Crippen molar-refractivity contribution in [2.45, 2.75) is 329 Å². The summed E-state index contributed by atoms with van der Waals surface area (Å²) in [5.74, 6) is -0.835. The molecule has 0 N–H and O–H groups in total. The van der Waals surface area contributed by atoms with Crippen molar-refractivity contribution in [2.75, 3.05) is 13.2 Å². The first kappa shape index (κ1) is 60.4. The molecule has 0 aromatic carbocycles. The molecule has 0 aliphatic carbocycles. The van der Waals surface area contributed by atoms with Crippen LogP contribution in [0.4, 0.5) is 0 Å². The lowest BCUT2D eigenvalue weighted by atomic mass is 10.0. The van der Waals surface area contributed by atoms with Gasteiger partial charge in [0.1, 0.15) is 13.2 Å². The summed E-state index contributed by atoms with van der Waals surface area (Å²) in [6.45, 7) is 6.69. The molecule has 0 saturated heterocycles. The number of hydrogen-bond acceptors (Lipinski definition) is 6. The fourth-order valence-electron chi connectivity index (χ4n) is 8.62. The lowest BCUT2D eigenvalue weighted by Crippen LogP contribution is -2.30. The number of carbonyl (C=O) groups is 3. The fraction of sp³-hybridized carbons (Fsp3) is 0.946. The first-order chi connectivity index (χ1) is 30.5. The quantitative estimate of drug-likeness (QED) is 0.0344. The van der Waals surface area contributed by atoms with E-state index in [1.165, 1.54) is 225 Å². The number of carbonyl (C=O) groups excluding carboxylic acids is 3. The zero-order chi connectivity index (χ0) is 45.1. The van der Waals surface area contributed by atoms with Gasteiger partial charge in [0.2, 0.25) is 0 Å². The number of hydrogen-bond donors (Lipinski definition) is 0. The van der Waals surface area contributed by atoms with Crippen LogP contribution in [0.25, 0.3) is 0 Å². The summed E-state index contributed by atoms with van der Waals surface area (Å²) in [6.07, 6.45) is 56.6. The first-order valence-corrected chi connectivity index (χ1v) is 28.0. The monoisotopic (exact) mass is 877 g/mol. The number of ether oxygens (including phenoxy) is 3. The van der Waals surface area contributed by atoms with Gasteiger partial charge in [-0.3, -0.25) is 14.4 Å². The van der Waals surface area contributed by atoms with Crippen LogP contribution < -0.4 is 0 Å². The Morgan fingerprint density at radius 3 is 0.645 bits per heavy atom. The molecule has 0 saturated carbocycles. The molecule has 0 rings (SSSR count). The van der Waals surface area contributed by atoms with E-state index in [0.29, 0.717) is 19.3 Å². The van der Waals surface area contributed by atoms with Gasteiger partial charge in [-0.2, -0.15) is 0 Å². The van der Waals surface area contributed by atoms with Gasteiger partial charge in [-0.05, 0) is 19.3 Å². The van der Waals surface area contributed by atoms with Crippen LogP contribution in [-0.2, 0) is 28.6 Å². The molecular formula is C56H108O6. The van der Waals surface area contributed by atoms with Gasteiger partial charge in [0, 0.05) is 19.3 Å². The van der Waals surface area contributed by atoms with Crippen LogP contribution >= 0.6 is 0 Å². The predicted molar refractivity (Wildman–Crippen MR) is 266 cm³/mol. The van der Waals surface area contributed by atoms with E-state index in [2.05, 4.69) is 20.8 Å². The number of rotatable bonds is 52. The second-order valence-electron chi connectivity index (χ2n) is 19.2. The minimum atomic E-state index is -0.760. The molecule has 0 amide bonds. The minimum absolute atomic E-state index is 0.0613. The van der Waals surface area contributed by atoms with Gasteiger partial charge in [0.25, 0.3) is 0 Å². The lowest BCUT2D eigenvalue weighted by Gasteiger charge is -2.18. The maximum Gasteiger partial charge on any atom is 0.306 e. The van der Waals surface area contributed by atoms with Crippen LogP contribution in [0.3, 0.4) is 0 Å². The predicted octanol–water partition coefficient (Wildman–Crippen LogP) is 18.4. The van der Waals surface area contributed by atoms with Crippen molar-refractivity contribution >= 4 is 17.9 Å². The zero-order valence-electron chi connectivity index (χ0n) is 42.2. The van der Waals surface area contributed by atoms with Crippen LogP contribution in [0, 0.1) is 0 Å². The molecule has 0 fully saturated rings. The van der Waals surface area contributed by atoms with Gasteiger partial charge in [-0.25, -0.2) is 0 Å². The molecule has 368 valence electrons. The summed E-state index contributed by atoms with van der Waals surface area (Å²) in [5.41, 5.74) is 0. The molecule has 0 heterocycles. The van der Waals surface area contributed by atoms with E-state index in [0.717, 1.165) is 57.8 Å². The third-order valence-electron chi connectivity index (χ3n) is 12.9. The van der Waals surface area contributed by atoms with E-state index in [1.54, 1.807) is 0 Å². The molecule has 1 unspecified atom stereocenters. The standard InChI is InChI=1S/C56H108O6/c1-4-7-10-13-16-19-22-24-26-28-30-31-34-37-40-43-46-49-55(58)61-52-53(51-60-54(57)48-45-42-39-36-33-21-18-15-12-9-6-3)62-56(59)50-47-44-41-38-35-32-29-27-25-23-20-17-14-11-8-5-2/h53H,4-52H2,1-3H3. The Labute approximate surface area is 387 Å². The van der Waals surface area contributed by atoms with Gasteiger partial charge in [0.05, 0.1) is 0 Å². The average Bonchev–Trinajstić information content (AvgIpc) is 3.27. The lowest BCUT2D eigenvalue weighted by molar-refractivity contribution is -0.167. The molecule has 0 aromatic rings. The summed E-state index contributed by atoms with van der Waals surface area (Å²) in [7, 11) is 0. The molecule has 6 heteroatoms. The Balaban J connectivity index is 4.26. The smallest absolute Gasteiger partial charge is 0.306 e. The molecule has 6 nitrogen and oxygen atoms in total. The highest BCUT2D eigenvalue weighted by molar-refractivity contribution is 5.71. The Hall–Kier alpha value is -1.59. The van der Waals surface area contributed by atoms with Crippen molar-refractivity contribution in [1.82, 2.24) is 0 Å². The van der Waals surface area contributed by atoms with E-state index in [-0.39, 0.29) is 31.1 Å². The topological polar surface area (TPSA) is 78.9 Å². The van der Waals surface area contributed by atoms with Gasteiger partial charge >= 0.3 is 17.9 Å².